The predicted octanol–water partition coefficient (Wildman–Crippen LogP) is 4.32. The third-order valence-corrected chi connectivity index (χ3v) is 3.21. The highest BCUT2D eigenvalue weighted by Crippen LogP contribution is 2.15. The molecule has 2 nitrogen and oxygen atoms in total. The van der Waals surface area contributed by atoms with Gasteiger partial charge >= 0.3 is 0 Å². The van der Waals surface area contributed by atoms with Crippen LogP contribution in [0.4, 0.5) is 0 Å². The van der Waals surface area contributed by atoms with Gasteiger partial charge in [0.2, 0.25) is 0 Å². The molecule has 0 fully saturated rings. The van der Waals surface area contributed by atoms with Crippen LogP contribution in [0.3, 0.4) is 0 Å². The van der Waals surface area contributed by atoms with Gasteiger partial charge in [-0.05, 0) is 44.0 Å². The van der Waals surface area contributed by atoms with Crippen LogP contribution in [0.15, 0.2) is 54.6 Å². The molecule has 0 aliphatic carbocycles. The van der Waals surface area contributed by atoms with Gasteiger partial charge in [-0.1, -0.05) is 42.5 Å². The summed E-state index contributed by atoms with van der Waals surface area (Å²) in [6.07, 6.45) is 0.220. The second-order valence-corrected chi connectivity index (χ2v) is 5.32. The molecule has 106 valence electrons. The fourth-order valence-corrected chi connectivity index (χ4v) is 2.09. The van der Waals surface area contributed by atoms with Crippen molar-refractivity contribution in [1.82, 2.24) is 5.32 Å². The summed E-state index contributed by atoms with van der Waals surface area (Å²) < 4.78 is 5.64. The molecule has 2 aromatic carbocycles. The molecular weight excluding hydrogens is 246 g/mol. The Morgan fingerprint density at radius 3 is 2.15 bits per heavy atom. The normalized spacial score (nSPS) is 12.4. The molecule has 1 N–H and O–H groups in total. The predicted molar refractivity (Wildman–Crippen MR) is 83.9 cm³/mol. The summed E-state index contributed by atoms with van der Waals surface area (Å²) >= 11 is 0. The van der Waals surface area contributed by atoms with E-state index in [2.05, 4.69) is 48.6 Å². The summed E-state index contributed by atoms with van der Waals surface area (Å²) in [4.78, 5) is 0. The zero-order valence-electron chi connectivity index (χ0n) is 12.5. The summed E-state index contributed by atoms with van der Waals surface area (Å²) in [5.74, 6) is 0.930. The summed E-state index contributed by atoms with van der Waals surface area (Å²) in [6.45, 7) is 7.12. The standard InChI is InChI=1S/C18H23NO/c1-14(2)20-18-11-9-16(10-12-18)13-19-15(3)17-7-5-4-6-8-17/h4-12,14-15,19H,13H2,1-3H3/t15-/m1/s1. The highest BCUT2D eigenvalue weighted by Gasteiger charge is 2.04. The van der Waals surface area contributed by atoms with Crippen LogP contribution < -0.4 is 10.1 Å². The fourth-order valence-electron chi connectivity index (χ4n) is 2.09. The van der Waals surface area contributed by atoms with Crippen molar-refractivity contribution < 1.29 is 4.74 Å². The number of nitrogens with one attached hydrogen (secondary N) is 1. The van der Waals surface area contributed by atoms with Gasteiger partial charge in [-0.15, -0.1) is 0 Å². The molecule has 0 aliphatic heterocycles. The van der Waals surface area contributed by atoms with E-state index in [4.69, 9.17) is 4.74 Å². The Kier molecular flexibility index (Phi) is 5.19. The quantitative estimate of drug-likeness (QED) is 0.843. The maximum absolute atomic E-state index is 5.64. The second kappa shape index (κ2) is 7.11. The van der Waals surface area contributed by atoms with E-state index in [0.29, 0.717) is 6.04 Å². The van der Waals surface area contributed by atoms with Crippen molar-refractivity contribution >= 4 is 0 Å². The van der Waals surface area contributed by atoms with E-state index in [0.717, 1.165) is 12.3 Å². The third-order valence-electron chi connectivity index (χ3n) is 3.21. The van der Waals surface area contributed by atoms with E-state index in [1.807, 2.05) is 32.0 Å². The van der Waals surface area contributed by atoms with E-state index < -0.39 is 0 Å². The molecular formula is C18H23NO. The lowest BCUT2D eigenvalue weighted by molar-refractivity contribution is 0.242. The Labute approximate surface area is 121 Å². The average Bonchev–Trinajstić information content (AvgIpc) is 2.46. The van der Waals surface area contributed by atoms with Crippen molar-refractivity contribution in [1.29, 1.82) is 0 Å². The van der Waals surface area contributed by atoms with Crippen LogP contribution >= 0.6 is 0 Å². The minimum Gasteiger partial charge on any atom is -0.491 e. The zero-order valence-corrected chi connectivity index (χ0v) is 12.5. The summed E-state index contributed by atoms with van der Waals surface area (Å²) in [5.41, 5.74) is 2.58. The van der Waals surface area contributed by atoms with Crippen molar-refractivity contribution in [2.45, 2.75) is 39.5 Å². The molecule has 1 atom stereocenters. The molecule has 2 heteroatoms. The first-order valence-corrected chi connectivity index (χ1v) is 7.19. The highest BCUT2D eigenvalue weighted by atomic mass is 16.5. The molecule has 0 heterocycles. The van der Waals surface area contributed by atoms with Gasteiger partial charge in [0.05, 0.1) is 6.10 Å². The Hall–Kier alpha value is -1.80. The van der Waals surface area contributed by atoms with E-state index in [9.17, 15) is 0 Å². The molecule has 2 rings (SSSR count). The van der Waals surface area contributed by atoms with Crippen molar-refractivity contribution in [2.24, 2.45) is 0 Å². The van der Waals surface area contributed by atoms with Gasteiger partial charge in [-0.2, -0.15) is 0 Å². The topological polar surface area (TPSA) is 21.3 Å². The van der Waals surface area contributed by atoms with Crippen LogP contribution in [-0.2, 0) is 6.54 Å². The van der Waals surface area contributed by atoms with Crippen molar-refractivity contribution in [2.75, 3.05) is 0 Å². The number of hydrogen-bond acceptors (Lipinski definition) is 2. The monoisotopic (exact) mass is 269 g/mol. The van der Waals surface area contributed by atoms with Gasteiger partial charge in [0.1, 0.15) is 5.75 Å². The molecule has 20 heavy (non-hydrogen) atoms. The molecule has 2 aromatic rings. The Balaban J connectivity index is 1.88. The fraction of sp³-hybridized carbons (Fsp3) is 0.333. The first-order valence-electron chi connectivity index (χ1n) is 7.19. The van der Waals surface area contributed by atoms with Crippen molar-refractivity contribution in [3.63, 3.8) is 0 Å². The Morgan fingerprint density at radius 2 is 1.55 bits per heavy atom. The van der Waals surface area contributed by atoms with Gasteiger partial charge in [-0.3, -0.25) is 0 Å². The highest BCUT2D eigenvalue weighted by molar-refractivity contribution is 5.27. The number of ether oxygens (including phenoxy) is 1. The van der Waals surface area contributed by atoms with Crippen LogP contribution in [0.2, 0.25) is 0 Å². The average molecular weight is 269 g/mol. The molecule has 0 radical (unpaired) electrons. The lowest BCUT2D eigenvalue weighted by Crippen LogP contribution is -2.17. The molecule has 0 aromatic heterocycles. The van der Waals surface area contributed by atoms with Crippen LogP contribution in [0.5, 0.6) is 5.75 Å². The van der Waals surface area contributed by atoms with Crippen LogP contribution in [0.1, 0.15) is 37.9 Å². The van der Waals surface area contributed by atoms with Gasteiger partial charge < -0.3 is 10.1 Å². The summed E-state index contributed by atoms with van der Waals surface area (Å²) in [6, 6.07) is 19.1. The number of rotatable bonds is 6. The van der Waals surface area contributed by atoms with Crippen molar-refractivity contribution in [3.05, 3.63) is 65.7 Å². The number of benzene rings is 2. The molecule has 0 unspecified atom stereocenters. The van der Waals surface area contributed by atoms with Gasteiger partial charge in [0.25, 0.3) is 0 Å². The maximum atomic E-state index is 5.64. The van der Waals surface area contributed by atoms with Crippen LogP contribution in [-0.4, -0.2) is 6.10 Å². The Morgan fingerprint density at radius 1 is 0.900 bits per heavy atom. The minimum absolute atomic E-state index is 0.220. The minimum atomic E-state index is 0.220. The van der Waals surface area contributed by atoms with Crippen LogP contribution in [0, 0.1) is 0 Å². The number of hydrogen-bond donors (Lipinski definition) is 1. The molecule has 0 saturated heterocycles. The molecule has 0 bridgehead atoms. The Bertz CT molecular complexity index is 505. The lowest BCUT2D eigenvalue weighted by Gasteiger charge is -2.15. The van der Waals surface area contributed by atoms with Crippen molar-refractivity contribution in [3.8, 4) is 5.75 Å². The van der Waals surface area contributed by atoms with Gasteiger partial charge in [0.15, 0.2) is 0 Å². The van der Waals surface area contributed by atoms with E-state index >= 15 is 0 Å². The molecule has 0 aliphatic rings. The smallest absolute Gasteiger partial charge is 0.119 e. The lowest BCUT2D eigenvalue weighted by atomic mass is 10.1. The van der Waals surface area contributed by atoms with Gasteiger partial charge in [-0.25, -0.2) is 0 Å². The van der Waals surface area contributed by atoms with E-state index in [-0.39, 0.29) is 6.10 Å². The molecule has 0 spiro atoms. The largest absolute Gasteiger partial charge is 0.491 e. The second-order valence-electron chi connectivity index (χ2n) is 5.32. The third kappa shape index (κ3) is 4.39. The summed E-state index contributed by atoms with van der Waals surface area (Å²) in [5, 5.41) is 3.53. The first-order chi connectivity index (χ1) is 9.65. The molecule has 0 amide bonds. The summed E-state index contributed by atoms with van der Waals surface area (Å²) in [7, 11) is 0. The van der Waals surface area contributed by atoms with Gasteiger partial charge in [0, 0.05) is 12.6 Å². The SMILES string of the molecule is CC(C)Oc1ccc(CN[C@H](C)c2ccccc2)cc1. The maximum Gasteiger partial charge on any atom is 0.119 e. The molecule has 0 saturated carbocycles. The van der Waals surface area contributed by atoms with Crippen LogP contribution in [0.25, 0.3) is 0 Å². The van der Waals surface area contributed by atoms with E-state index in [1.54, 1.807) is 0 Å². The zero-order chi connectivity index (χ0) is 14.4. The first kappa shape index (κ1) is 14.6. The van der Waals surface area contributed by atoms with E-state index in [1.165, 1.54) is 11.1 Å².